The first kappa shape index (κ1) is 11.7. The van der Waals surface area contributed by atoms with Crippen molar-refractivity contribution in [3.8, 4) is 6.07 Å². The van der Waals surface area contributed by atoms with Crippen LogP contribution in [0.3, 0.4) is 0 Å². The molecule has 0 unspecified atom stereocenters. The fourth-order valence-corrected chi connectivity index (χ4v) is 2.56. The Balaban J connectivity index is 1.92. The third kappa shape index (κ3) is 2.43. The van der Waals surface area contributed by atoms with E-state index in [2.05, 4.69) is 40.2 Å². The Bertz CT molecular complexity index is 628. The van der Waals surface area contributed by atoms with E-state index < -0.39 is 0 Å². The van der Waals surface area contributed by atoms with Crippen molar-refractivity contribution < 1.29 is 0 Å². The molecule has 94 valence electrons. The molecule has 19 heavy (non-hydrogen) atoms. The van der Waals surface area contributed by atoms with Crippen LogP contribution in [0.15, 0.2) is 42.6 Å². The van der Waals surface area contributed by atoms with Gasteiger partial charge in [-0.3, -0.25) is 0 Å². The monoisotopic (exact) mass is 249 g/mol. The third-order valence-electron chi connectivity index (χ3n) is 3.55. The molecule has 3 heteroatoms. The SMILES string of the molecule is N#Cc1ccnc(N2CCCc3ccccc3C2)c1. The zero-order valence-electron chi connectivity index (χ0n) is 10.7. The van der Waals surface area contributed by atoms with Gasteiger partial charge in [-0.05, 0) is 36.1 Å². The highest BCUT2D eigenvalue weighted by Gasteiger charge is 2.15. The lowest BCUT2D eigenvalue weighted by Gasteiger charge is -2.22. The van der Waals surface area contributed by atoms with E-state index in [1.165, 1.54) is 11.1 Å². The van der Waals surface area contributed by atoms with Gasteiger partial charge in [-0.1, -0.05) is 24.3 Å². The molecule has 1 aromatic heterocycles. The van der Waals surface area contributed by atoms with Crippen molar-refractivity contribution in [1.29, 1.82) is 5.26 Å². The number of benzene rings is 1. The Morgan fingerprint density at radius 3 is 2.84 bits per heavy atom. The van der Waals surface area contributed by atoms with E-state index in [1.54, 1.807) is 12.3 Å². The maximum absolute atomic E-state index is 8.98. The molecule has 0 saturated carbocycles. The second-order valence-corrected chi connectivity index (χ2v) is 4.81. The molecule has 2 heterocycles. The average Bonchev–Trinajstić information content (AvgIpc) is 2.69. The molecule has 0 amide bonds. The van der Waals surface area contributed by atoms with Crippen molar-refractivity contribution in [2.75, 3.05) is 11.4 Å². The zero-order valence-corrected chi connectivity index (χ0v) is 10.7. The Hall–Kier alpha value is -2.34. The minimum atomic E-state index is 0.669. The summed E-state index contributed by atoms with van der Waals surface area (Å²) in [4.78, 5) is 6.66. The van der Waals surface area contributed by atoms with Crippen LogP contribution in [-0.2, 0) is 13.0 Å². The summed E-state index contributed by atoms with van der Waals surface area (Å²) in [5.74, 6) is 0.899. The number of rotatable bonds is 1. The van der Waals surface area contributed by atoms with E-state index in [1.807, 2.05) is 6.07 Å². The van der Waals surface area contributed by atoms with Gasteiger partial charge in [0, 0.05) is 19.3 Å². The van der Waals surface area contributed by atoms with Crippen LogP contribution in [0.5, 0.6) is 0 Å². The summed E-state index contributed by atoms with van der Waals surface area (Å²) in [5, 5.41) is 8.98. The number of nitrogens with zero attached hydrogens (tertiary/aromatic N) is 3. The molecule has 1 aliphatic rings. The molecule has 0 atom stereocenters. The summed E-state index contributed by atoms with van der Waals surface area (Å²) in [6, 6.07) is 14.4. The van der Waals surface area contributed by atoms with Crippen LogP contribution in [0.25, 0.3) is 0 Å². The number of pyridine rings is 1. The number of aromatic nitrogens is 1. The molecule has 0 aliphatic carbocycles. The highest BCUT2D eigenvalue weighted by atomic mass is 15.2. The van der Waals surface area contributed by atoms with Crippen molar-refractivity contribution in [1.82, 2.24) is 4.98 Å². The normalized spacial score (nSPS) is 14.4. The second-order valence-electron chi connectivity index (χ2n) is 4.81. The summed E-state index contributed by atoms with van der Waals surface area (Å²) in [6.07, 6.45) is 3.95. The smallest absolute Gasteiger partial charge is 0.130 e. The first-order chi connectivity index (χ1) is 9.36. The first-order valence-electron chi connectivity index (χ1n) is 6.55. The van der Waals surface area contributed by atoms with Crippen LogP contribution < -0.4 is 4.90 Å². The molecule has 1 aromatic carbocycles. The van der Waals surface area contributed by atoms with E-state index >= 15 is 0 Å². The van der Waals surface area contributed by atoms with Crippen LogP contribution in [-0.4, -0.2) is 11.5 Å². The average molecular weight is 249 g/mol. The van der Waals surface area contributed by atoms with Gasteiger partial charge < -0.3 is 4.90 Å². The largest absolute Gasteiger partial charge is 0.352 e. The lowest BCUT2D eigenvalue weighted by Crippen LogP contribution is -2.23. The van der Waals surface area contributed by atoms with Crippen molar-refractivity contribution in [2.45, 2.75) is 19.4 Å². The van der Waals surface area contributed by atoms with Crippen LogP contribution >= 0.6 is 0 Å². The van der Waals surface area contributed by atoms with Crippen LogP contribution in [0, 0.1) is 11.3 Å². The molecule has 0 bridgehead atoms. The minimum absolute atomic E-state index is 0.669. The first-order valence-corrected chi connectivity index (χ1v) is 6.55. The standard InChI is InChI=1S/C16H15N3/c17-11-13-7-8-18-16(10-13)19-9-3-6-14-4-1-2-5-15(14)12-19/h1-2,4-5,7-8,10H,3,6,9,12H2. The van der Waals surface area contributed by atoms with Crippen LogP contribution in [0.1, 0.15) is 23.1 Å². The van der Waals surface area contributed by atoms with Gasteiger partial charge in [0.25, 0.3) is 0 Å². The molecule has 0 fully saturated rings. The fourth-order valence-electron chi connectivity index (χ4n) is 2.56. The lowest BCUT2D eigenvalue weighted by molar-refractivity contribution is 0.754. The number of nitriles is 1. The number of aryl methyl sites for hydroxylation is 1. The highest BCUT2D eigenvalue weighted by molar-refractivity contribution is 5.46. The Labute approximate surface area is 113 Å². The number of hydrogen-bond acceptors (Lipinski definition) is 3. The molecule has 3 nitrogen and oxygen atoms in total. The van der Waals surface area contributed by atoms with Crippen molar-refractivity contribution >= 4 is 5.82 Å². The number of anilines is 1. The van der Waals surface area contributed by atoms with Gasteiger partial charge in [0.15, 0.2) is 0 Å². The topological polar surface area (TPSA) is 39.9 Å². The van der Waals surface area contributed by atoms with Crippen LogP contribution in [0.2, 0.25) is 0 Å². The molecule has 0 saturated heterocycles. The van der Waals surface area contributed by atoms with Gasteiger partial charge in [0.2, 0.25) is 0 Å². The summed E-state index contributed by atoms with van der Waals surface area (Å²) in [5.41, 5.74) is 3.47. The minimum Gasteiger partial charge on any atom is -0.352 e. The molecular weight excluding hydrogens is 234 g/mol. The molecule has 2 aromatic rings. The summed E-state index contributed by atoms with van der Waals surface area (Å²) >= 11 is 0. The maximum Gasteiger partial charge on any atom is 0.130 e. The predicted octanol–water partition coefficient (Wildman–Crippen LogP) is 2.91. The Morgan fingerprint density at radius 1 is 1.16 bits per heavy atom. The maximum atomic E-state index is 8.98. The Morgan fingerprint density at radius 2 is 2.00 bits per heavy atom. The third-order valence-corrected chi connectivity index (χ3v) is 3.55. The van der Waals surface area contributed by atoms with Gasteiger partial charge in [-0.25, -0.2) is 4.98 Å². The molecule has 3 rings (SSSR count). The summed E-state index contributed by atoms with van der Waals surface area (Å²) < 4.78 is 0. The van der Waals surface area contributed by atoms with Gasteiger partial charge in [0.1, 0.15) is 5.82 Å². The quantitative estimate of drug-likeness (QED) is 0.780. The van der Waals surface area contributed by atoms with Gasteiger partial charge >= 0.3 is 0 Å². The van der Waals surface area contributed by atoms with Crippen LogP contribution in [0.4, 0.5) is 5.82 Å². The molecule has 1 aliphatic heterocycles. The Kier molecular flexibility index (Phi) is 3.16. The van der Waals surface area contributed by atoms with Crippen molar-refractivity contribution in [2.24, 2.45) is 0 Å². The highest BCUT2D eigenvalue weighted by Crippen LogP contribution is 2.22. The molecule has 0 radical (unpaired) electrons. The summed E-state index contributed by atoms with van der Waals surface area (Å²) in [6.45, 7) is 1.86. The predicted molar refractivity (Wildman–Crippen MR) is 74.8 cm³/mol. The van der Waals surface area contributed by atoms with Gasteiger partial charge in [-0.15, -0.1) is 0 Å². The number of hydrogen-bond donors (Lipinski definition) is 0. The van der Waals surface area contributed by atoms with Gasteiger partial charge in [0.05, 0.1) is 11.6 Å². The van der Waals surface area contributed by atoms with Crippen molar-refractivity contribution in [3.63, 3.8) is 0 Å². The number of fused-ring (bicyclic) bond motifs is 1. The summed E-state index contributed by atoms with van der Waals surface area (Å²) in [7, 11) is 0. The van der Waals surface area contributed by atoms with Crippen molar-refractivity contribution in [3.05, 3.63) is 59.3 Å². The lowest BCUT2D eigenvalue weighted by atomic mass is 10.0. The molecular formula is C16H15N3. The van der Waals surface area contributed by atoms with E-state index in [-0.39, 0.29) is 0 Å². The van der Waals surface area contributed by atoms with E-state index in [4.69, 9.17) is 5.26 Å². The second kappa shape index (κ2) is 5.11. The molecule has 0 N–H and O–H groups in total. The van der Waals surface area contributed by atoms with E-state index in [0.717, 1.165) is 31.7 Å². The zero-order chi connectivity index (χ0) is 13.1. The molecule has 0 spiro atoms. The van der Waals surface area contributed by atoms with Gasteiger partial charge in [-0.2, -0.15) is 5.26 Å². The van der Waals surface area contributed by atoms with E-state index in [0.29, 0.717) is 5.56 Å². The van der Waals surface area contributed by atoms with E-state index in [9.17, 15) is 0 Å². The fraction of sp³-hybridized carbons (Fsp3) is 0.250.